The van der Waals surface area contributed by atoms with Crippen molar-refractivity contribution in [2.75, 3.05) is 19.7 Å². The van der Waals surface area contributed by atoms with Crippen LogP contribution in [0.15, 0.2) is 30.3 Å². The molecule has 2 aromatic rings. The van der Waals surface area contributed by atoms with E-state index in [9.17, 15) is 9.18 Å². The normalized spacial score (nSPS) is 19.9. The molecule has 8 heteroatoms. The van der Waals surface area contributed by atoms with Crippen molar-refractivity contribution in [1.82, 2.24) is 15.1 Å². The Balaban J connectivity index is 1.27. The molecule has 1 saturated carbocycles. The Morgan fingerprint density at radius 2 is 1.97 bits per heavy atom. The Bertz CT molecular complexity index is 954. The lowest BCUT2D eigenvalue weighted by Crippen LogP contribution is -2.42. The second kappa shape index (κ2) is 8.26. The molecule has 1 aliphatic carbocycles. The van der Waals surface area contributed by atoms with E-state index in [1.54, 1.807) is 17.0 Å². The fraction of sp³-hybridized carbons (Fsp3) is 0.522. The zero-order valence-corrected chi connectivity index (χ0v) is 18.8. The number of carbonyl (C=O) groups is 1. The van der Waals surface area contributed by atoms with Crippen molar-refractivity contribution < 1.29 is 18.7 Å². The minimum atomic E-state index is -0.473. The van der Waals surface area contributed by atoms with Gasteiger partial charge in [0.2, 0.25) is 5.88 Å². The predicted octanol–water partition coefficient (Wildman–Crippen LogP) is 5.35. The van der Waals surface area contributed by atoms with Crippen molar-refractivity contribution in [2.24, 2.45) is 11.3 Å². The zero-order chi connectivity index (χ0) is 22.2. The standard InChI is InChI=1S/C23H27ClFN3O3/c1-22(2,3)31-21(29)28-10-8-23(9-11-28)13-15(23)14-30-20-7-6-19(26-27-20)17-12-16(25)4-5-18(17)24/h4-7,12,15H,8-11,13-14H2,1-3H3. The highest BCUT2D eigenvalue weighted by atomic mass is 35.5. The van der Waals surface area contributed by atoms with Gasteiger partial charge in [-0.25, -0.2) is 9.18 Å². The fourth-order valence-electron chi connectivity index (χ4n) is 4.16. The number of nitrogens with zero attached hydrogens (tertiary/aromatic N) is 3. The van der Waals surface area contributed by atoms with Crippen LogP contribution < -0.4 is 4.74 Å². The quantitative estimate of drug-likeness (QED) is 0.631. The van der Waals surface area contributed by atoms with E-state index in [1.807, 2.05) is 20.8 Å². The van der Waals surface area contributed by atoms with Crippen molar-refractivity contribution >= 4 is 17.7 Å². The van der Waals surface area contributed by atoms with Gasteiger partial charge in [-0.1, -0.05) is 11.6 Å². The Morgan fingerprint density at radius 1 is 1.23 bits per heavy atom. The minimum absolute atomic E-state index is 0.232. The third-order valence-electron chi connectivity index (χ3n) is 6.05. The first kappa shape index (κ1) is 21.8. The number of likely N-dealkylation sites (tertiary alicyclic amines) is 1. The molecule has 2 heterocycles. The molecule has 1 aliphatic heterocycles. The Hall–Kier alpha value is -2.41. The number of hydrogen-bond acceptors (Lipinski definition) is 5. The van der Waals surface area contributed by atoms with Gasteiger partial charge in [0.1, 0.15) is 11.4 Å². The van der Waals surface area contributed by atoms with Crippen LogP contribution in [0.2, 0.25) is 5.02 Å². The van der Waals surface area contributed by atoms with Crippen molar-refractivity contribution in [3.63, 3.8) is 0 Å². The largest absolute Gasteiger partial charge is 0.476 e. The lowest BCUT2D eigenvalue weighted by Gasteiger charge is -2.34. The highest BCUT2D eigenvalue weighted by Gasteiger charge is 2.55. The van der Waals surface area contributed by atoms with Crippen LogP contribution in [0.1, 0.15) is 40.0 Å². The summed E-state index contributed by atoms with van der Waals surface area (Å²) in [4.78, 5) is 14.0. The maximum atomic E-state index is 13.5. The summed E-state index contributed by atoms with van der Waals surface area (Å²) < 4.78 is 24.8. The molecule has 31 heavy (non-hydrogen) atoms. The van der Waals surface area contributed by atoms with Crippen molar-refractivity contribution in [3.05, 3.63) is 41.2 Å². The number of ether oxygens (including phenoxy) is 2. The number of aromatic nitrogens is 2. The summed E-state index contributed by atoms with van der Waals surface area (Å²) in [5.41, 5.74) is 0.771. The van der Waals surface area contributed by atoms with Gasteiger partial charge in [-0.05, 0) is 75.6 Å². The van der Waals surface area contributed by atoms with Gasteiger partial charge in [-0.3, -0.25) is 0 Å². The SMILES string of the molecule is CC(C)(C)OC(=O)N1CCC2(CC1)CC2COc1ccc(-c2cc(F)ccc2Cl)nn1. The molecule has 4 rings (SSSR count). The molecule has 1 spiro atoms. The number of carbonyl (C=O) groups excluding carboxylic acids is 1. The molecule has 1 aromatic carbocycles. The van der Waals surface area contributed by atoms with Crippen LogP contribution in [0.3, 0.4) is 0 Å². The topological polar surface area (TPSA) is 64.5 Å². The summed E-state index contributed by atoms with van der Waals surface area (Å²) in [6.45, 7) is 7.65. The van der Waals surface area contributed by atoms with E-state index in [0.29, 0.717) is 47.8 Å². The smallest absolute Gasteiger partial charge is 0.410 e. The van der Waals surface area contributed by atoms with Crippen LogP contribution in [-0.2, 0) is 4.74 Å². The first-order valence-electron chi connectivity index (χ1n) is 10.6. The molecular weight excluding hydrogens is 421 g/mol. The van der Waals surface area contributed by atoms with Crippen LogP contribution in [0.5, 0.6) is 5.88 Å². The maximum Gasteiger partial charge on any atom is 0.410 e. The molecule has 2 aliphatic rings. The average Bonchev–Trinajstić information content (AvgIpc) is 3.39. The molecule has 1 saturated heterocycles. The summed E-state index contributed by atoms with van der Waals surface area (Å²) >= 11 is 6.13. The van der Waals surface area contributed by atoms with Gasteiger partial charge in [0.25, 0.3) is 0 Å². The van der Waals surface area contributed by atoms with Crippen LogP contribution in [0.25, 0.3) is 11.3 Å². The number of hydrogen-bond donors (Lipinski definition) is 0. The third kappa shape index (κ3) is 5.09. The fourth-order valence-corrected chi connectivity index (χ4v) is 4.38. The molecular formula is C23H27ClFN3O3. The molecule has 166 valence electrons. The summed E-state index contributed by atoms with van der Waals surface area (Å²) in [5, 5.41) is 8.65. The van der Waals surface area contributed by atoms with E-state index in [-0.39, 0.29) is 17.3 Å². The highest BCUT2D eigenvalue weighted by molar-refractivity contribution is 6.33. The highest BCUT2D eigenvalue weighted by Crippen LogP contribution is 2.59. The molecule has 0 bridgehead atoms. The number of benzene rings is 1. The Labute approximate surface area is 186 Å². The summed E-state index contributed by atoms with van der Waals surface area (Å²) in [5.74, 6) is 0.509. The molecule has 0 N–H and O–H groups in total. The second-order valence-electron chi connectivity index (χ2n) is 9.42. The average molecular weight is 448 g/mol. The molecule has 1 unspecified atom stereocenters. The van der Waals surface area contributed by atoms with Crippen LogP contribution in [-0.4, -0.2) is 46.5 Å². The Kier molecular flexibility index (Phi) is 5.81. The van der Waals surface area contributed by atoms with E-state index >= 15 is 0 Å². The number of piperidine rings is 1. The molecule has 2 fully saturated rings. The predicted molar refractivity (Wildman–Crippen MR) is 116 cm³/mol. The second-order valence-corrected chi connectivity index (χ2v) is 9.83. The summed E-state index contributed by atoms with van der Waals surface area (Å²) in [7, 11) is 0. The van der Waals surface area contributed by atoms with Gasteiger partial charge < -0.3 is 14.4 Å². The van der Waals surface area contributed by atoms with Crippen molar-refractivity contribution in [3.8, 4) is 17.1 Å². The van der Waals surface area contributed by atoms with Gasteiger partial charge in [0.05, 0.1) is 17.3 Å². The van der Waals surface area contributed by atoms with E-state index < -0.39 is 5.60 Å². The van der Waals surface area contributed by atoms with Crippen LogP contribution in [0, 0.1) is 17.2 Å². The minimum Gasteiger partial charge on any atom is -0.476 e. The van der Waals surface area contributed by atoms with E-state index in [4.69, 9.17) is 21.1 Å². The van der Waals surface area contributed by atoms with Gasteiger partial charge in [0.15, 0.2) is 0 Å². The van der Waals surface area contributed by atoms with E-state index in [0.717, 1.165) is 19.3 Å². The van der Waals surface area contributed by atoms with Crippen molar-refractivity contribution in [2.45, 2.75) is 45.6 Å². The number of amides is 1. The first-order chi connectivity index (χ1) is 14.7. The molecule has 1 aromatic heterocycles. The van der Waals surface area contributed by atoms with Gasteiger partial charge in [0, 0.05) is 24.7 Å². The number of halogens is 2. The van der Waals surface area contributed by atoms with Crippen molar-refractivity contribution in [1.29, 1.82) is 0 Å². The Morgan fingerprint density at radius 3 is 2.61 bits per heavy atom. The maximum absolute atomic E-state index is 13.5. The summed E-state index contributed by atoms with van der Waals surface area (Å²) in [6.07, 6.45) is 2.79. The zero-order valence-electron chi connectivity index (χ0n) is 18.0. The molecule has 1 amide bonds. The van der Waals surface area contributed by atoms with Crippen LogP contribution >= 0.6 is 11.6 Å². The van der Waals surface area contributed by atoms with Gasteiger partial charge in [-0.15, -0.1) is 10.2 Å². The summed E-state index contributed by atoms with van der Waals surface area (Å²) in [6, 6.07) is 7.60. The van der Waals surface area contributed by atoms with E-state index in [1.165, 1.54) is 18.2 Å². The monoisotopic (exact) mass is 447 g/mol. The van der Waals surface area contributed by atoms with Crippen LogP contribution in [0.4, 0.5) is 9.18 Å². The lowest BCUT2D eigenvalue weighted by atomic mass is 9.91. The molecule has 1 atom stereocenters. The molecule has 0 radical (unpaired) electrons. The lowest BCUT2D eigenvalue weighted by molar-refractivity contribution is 0.0161. The third-order valence-corrected chi connectivity index (χ3v) is 6.38. The van der Waals surface area contributed by atoms with E-state index in [2.05, 4.69) is 10.2 Å². The van der Waals surface area contributed by atoms with Gasteiger partial charge >= 0.3 is 6.09 Å². The van der Waals surface area contributed by atoms with Gasteiger partial charge in [-0.2, -0.15) is 0 Å². The molecule has 6 nitrogen and oxygen atoms in total. The first-order valence-corrected chi connectivity index (χ1v) is 10.9. The number of rotatable bonds is 4.